The Bertz CT molecular complexity index is 844. The molecule has 3 rings (SSSR count). The zero-order valence-electron chi connectivity index (χ0n) is 16.0. The van der Waals surface area contributed by atoms with E-state index in [9.17, 15) is 9.90 Å². The fourth-order valence-corrected chi connectivity index (χ4v) is 3.25. The van der Waals surface area contributed by atoms with Crippen molar-refractivity contribution in [2.45, 2.75) is 25.8 Å². The van der Waals surface area contributed by atoms with Gasteiger partial charge in [0.25, 0.3) is 0 Å². The van der Waals surface area contributed by atoms with Crippen LogP contribution >= 0.6 is 0 Å². The van der Waals surface area contributed by atoms with Gasteiger partial charge < -0.3 is 20.6 Å². The Morgan fingerprint density at radius 2 is 2.00 bits per heavy atom. The Morgan fingerprint density at radius 3 is 2.57 bits per heavy atom. The van der Waals surface area contributed by atoms with Gasteiger partial charge >= 0.3 is 6.03 Å². The first-order chi connectivity index (χ1) is 13.5. The Morgan fingerprint density at radius 1 is 1.25 bits per heavy atom. The summed E-state index contributed by atoms with van der Waals surface area (Å²) in [5, 5.41) is 32.2. The predicted molar refractivity (Wildman–Crippen MR) is 106 cm³/mol. The minimum atomic E-state index is -0.312. The van der Waals surface area contributed by atoms with Crippen molar-refractivity contribution >= 4 is 17.5 Å². The number of nitrogens with zero attached hydrogens (tertiary/aromatic N) is 4. The van der Waals surface area contributed by atoms with Gasteiger partial charge in [-0.15, -0.1) is 10.2 Å². The van der Waals surface area contributed by atoms with E-state index in [-0.39, 0.29) is 30.3 Å². The summed E-state index contributed by atoms with van der Waals surface area (Å²) in [7, 11) is 0. The number of aliphatic hydroxyl groups is 1. The molecule has 0 aliphatic carbocycles. The lowest BCUT2D eigenvalue weighted by Gasteiger charge is -2.18. The summed E-state index contributed by atoms with van der Waals surface area (Å²) in [4.78, 5) is 14.3. The molecule has 1 aromatic carbocycles. The van der Waals surface area contributed by atoms with Crippen LogP contribution in [0.3, 0.4) is 0 Å². The Balaban J connectivity index is 1.60. The van der Waals surface area contributed by atoms with E-state index >= 15 is 0 Å². The molecule has 1 fully saturated rings. The van der Waals surface area contributed by atoms with Crippen LogP contribution in [0.4, 0.5) is 16.3 Å². The summed E-state index contributed by atoms with van der Waals surface area (Å²) in [6.07, 6.45) is 0. The number of urea groups is 1. The molecule has 0 unspecified atom stereocenters. The van der Waals surface area contributed by atoms with Crippen LogP contribution < -0.4 is 15.5 Å². The lowest BCUT2D eigenvalue weighted by Crippen LogP contribution is -2.43. The normalized spacial score (nSPS) is 18.8. The van der Waals surface area contributed by atoms with Gasteiger partial charge in [-0.3, -0.25) is 0 Å². The largest absolute Gasteiger partial charge is 0.396 e. The van der Waals surface area contributed by atoms with Crippen molar-refractivity contribution in [1.29, 1.82) is 5.26 Å². The molecule has 1 aliphatic rings. The average Bonchev–Trinajstić information content (AvgIpc) is 3.11. The Kier molecular flexibility index (Phi) is 6.06. The van der Waals surface area contributed by atoms with E-state index in [0.717, 1.165) is 5.69 Å². The summed E-state index contributed by atoms with van der Waals surface area (Å²) in [5.74, 6) is 0.931. The van der Waals surface area contributed by atoms with Crippen LogP contribution in [0, 0.1) is 17.2 Å². The van der Waals surface area contributed by atoms with E-state index < -0.39 is 0 Å². The second kappa shape index (κ2) is 8.67. The second-order valence-electron chi connectivity index (χ2n) is 7.22. The van der Waals surface area contributed by atoms with Crippen molar-refractivity contribution in [2.24, 2.45) is 5.92 Å². The number of nitriles is 1. The van der Waals surface area contributed by atoms with E-state index in [0.29, 0.717) is 24.8 Å². The molecule has 0 bridgehead atoms. The molecule has 0 spiro atoms. The number of carbonyl (C=O) groups is 1. The highest BCUT2D eigenvalue weighted by molar-refractivity contribution is 5.89. The van der Waals surface area contributed by atoms with E-state index in [1.165, 1.54) is 5.56 Å². The molecular formula is C20H24N6O2. The lowest BCUT2D eigenvalue weighted by molar-refractivity contribution is 0.211. The van der Waals surface area contributed by atoms with Crippen LogP contribution in [0.2, 0.25) is 0 Å². The molecule has 1 aliphatic heterocycles. The zero-order chi connectivity index (χ0) is 20.1. The lowest BCUT2D eigenvalue weighted by atomic mass is 10.0. The molecule has 0 radical (unpaired) electrons. The third-order valence-electron chi connectivity index (χ3n) is 4.92. The van der Waals surface area contributed by atoms with Crippen LogP contribution in [-0.2, 0) is 0 Å². The topological polar surface area (TPSA) is 114 Å². The fourth-order valence-electron chi connectivity index (χ4n) is 3.25. The highest BCUT2D eigenvalue weighted by Crippen LogP contribution is 2.22. The molecule has 8 nitrogen and oxygen atoms in total. The molecule has 2 atom stereocenters. The number of carbonyl (C=O) groups excluding carboxylic acids is 1. The van der Waals surface area contributed by atoms with Crippen LogP contribution in [-0.4, -0.2) is 47.1 Å². The highest BCUT2D eigenvalue weighted by atomic mass is 16.3. The average molecular weight is 380 g/mol. The SMILES string of the molecule is CC(C)c1ccc(NC(=O)N[C@H]2CN(c3ccc(C#N)nn3)C[C@@H]2CO)cc1. The third kappa shape index (κ3) is 4.56. The van der Waals surface area contributed by atoms with Gasteiger partial charge in [-0.05, 0) is 35.7 Å². The first kappa shape index (κ1) is 19.6. The first-order valence-corrected chi connectivity index (χ1v) is 9.27. The molecule has 28 heavy (non-hydrogen) atoms. The Labute approximate surface area is 164 Å². The second-order valence-corrected chi connectivity index (χ2v) is 7.22. The van der Waals surface area contributed by atoms with Crippen molar-refractivity contribution < 1.29 is 9.90 Å². The maximum atomic E-state index is 12.4. The molecule has 2 aromatic rings. The summed E-state index contributed by atoms with van der Waals surface area (Å²) in [5.41, 5.74) is 2.18. The summed E-state index contributed by atoms with van der Waals surface area (Å²) in [6.45, 7) is 5.24. The molecule has 3 N–H and O–H groups in total. The smallest absolute Gasteiger partial charge is 0.319 e. The fraction of sp³-hybridized carbons (Fsp3) is 0.400. The minimum Gasteiger partial charge on any atom is -0.396 e. The first-order valence-electron chi connectivity index (χ1n) is 9.27. The number of hydrogen-bond donors (Lipinski definition) is 3. The number of anilines is 2. The molecular weight excluding hydrogens is 356 g/mol. The highest BCUT2D eigenvalue weighted by Gasteiger charge is 2.34. The zero-order valence-corrected chi connectivity index (χ0v) is 16.0. The van der Waals surface area contributed by atoms with Crippen molar-refractivity contribution in [3.63, 3.8) is 0 Å². The van der Waals surface area contributed by atoms with E-state index in [2.05, 4.69) is 34.7 Å². The molecule has 2 amide bonds. The van der Waals surface area contributed by atoms with Gasteiger partial charge in [-0.2, -0.15) is 5.26 Å². The number of hydrogen-bond acceptors (Lipinski definition) is 6. The summed E-state index contributed by atoms with van der Waals surface area (Å²) >= 11 is 0. The third-order valence-corrected chi connectivity index (χ3v) is 4.92. The minimum absolute atomic E-state index is 0.0474. The van der Waals surface area contributed by atoms with Gasteiger partial charge in [0.1, 0.15) is 6.07 Å². The maximum absolute atomic E-state index is 12.4. The van der Waals surface area contributed by atoms with Crippen molar-refractivity contribution in [2.75, 3.05) is 29.9 Å². The van der Waals surface area contributed by atoms with Crippen LogP contribution in [0.25, 0.3) is 0 Å². The number of aliphatic hydroxyl groups excluding tert-OH is 1. The van der Waals surface area contributed by atoms with Crippen LogP contribution in [0.5, 0.6) is 0 Å². The van der Waals surface area contributed by atoms with Gasteiger partial charge in [-0.1, -0.05) is 26.0 Å². The number of aromatic nitrogens is 2. The van der Waals surface area contributed by atoms with Gasteiger partial charge in [0.15, 0.2) is 11.5 Å². The Hall–Kier alpha value is -3.18. The summed E-state index contributed by atoms with van der Waals surface area (Å²) in [6, 6.07) is 12.5. The van der Waals surface area contributed by atoms with Crippen molar-refractivity contribution in [1.82, 2.24) is 15.5 Å². The monoisotopic (exact) mass is 380 g/mol. The number of benzene rings is 1. The summed E-state index contributed by atoms with van der Waals surface area (Å²) < 4.78 is 0. The molecule has 1 saturated heterocycles. The molecule has 0 saturated carbocycles. The standard InChI is InChI=1S/C20H24N6O2/c1-13(2)14-3-5-16(6-4-14)22-20(28)23-18-11-26(10-15(18)12-27)19-8-7-17(9-21)24-25-19/h3-8,13,15,18,27H,10-12H2,1-2H3,(H2,22,23,28)/t15-,18+/m1/s1. The molecule has 146 valence electrons. The quantitative estimate of drug-likeness (QED) is 0.732. The van der Waals surface area contributed by atoms with Crippen LogP contribution in [0.15, 0.2) is 36.4 Å². The number of amides is 2. The maximum Gasteiger partial charge on any atom is 0.319 e. The van der Waals surface area contributed by atoms with E-state index in [1.807, 2.05) is 35.2 Å². The van der Waals surface area contributed by atoms with Crippen LogP contribution in [0.1, 0.15) is 31.0 Å². The molecule has 8 heteroatoms. The van der Waals surface area contributed by atoms with Gasteiger partial charge in [0.2, 0.25) is 0 Å². The number of rotatable bonds is 5. The predicted octanol–water partition coefficient (Wildman–Crippen LogP) is 2.09. The van der Waals surface area contributed by atoms with E-state index in [1.54, 1.807) is 12.1 Å². The number of nitrogens with one attached hydrogen (secondary N) is 2. The van der Waals surface area contributed by atoms with E-state index in [4.69, 9.17) is 5.26 Å². The van der Waals surface area contributed by atoms with Gasteiger partial charge in [-0.25, -0.2) is 4.79 Å². The van der Waals surface area contributed by atoms with Gasteiger partial charge in [0.05, 0.1) is 6.04 Å². The molecule has 1 aromatic heterocycles. The van der Waals surface area contributed by atoms with Crippen molar-refractivity contribution in [3.05, 3.63) is 47.7 Å². The van der Waals surface area contributed by atoms with Crippen molar-refractivity contribution in [3.8, 4) is 6.07 Å². The van der Waals surface area contributed by atoms with Gasteiger partial charge in [0, 0.05) is 31.3 Å². The molecule has 2 heterocycles.